The molecule has 7 nitrogen and oxygen atoms in total. The van der Waals surface area contributed by atoms with Crippen molar-refractivity contribution in [2.24, 2.45) is 0 Å². The summed E-state index contributed by atoms with van der Waals surface area (Å²) in [6.45, 7) is 0.0202. The molecular weight excluding hydrogens is 376 g/mol. The maximum Gasteiger partial charge on any atom is 0.305 e. The summed E-state index contributed by atoms with van der Waals surface area (Å²) >= 11 is 3.34. The average molecular weight is 393 g/mol. The number of nitrogens with one attached hydrogen (secondary N) is 1. The summed E-state index contributed by atoms with van der Waals surface area (Å²) in [4.78, 5) is 23.3. The van der Waals surface area contributed by atoms with Crippen LogP contribution in [0.2, 0.25) is 0 Å². The van der Waals surface area contributed by atoms with Crippen LogP contribution < -0.4 is 5.32 Å². The van der Waals surface area contributed by atoms with Crippen molar-refractivity contribution in [3.63, 3.8) is 0 Å². The quantitative estimate of drug-likeness (QED) is 0.752. The van der Waals surface area contributed by atoms with Crippen molar-refractivity contribution in [3.05, 3.63) is 46.2 Å². The number of carboxylic acid groups (broad SMARTS) is 1. The molecule has 2 N–H and O–H groups in total. The van der Waals surface area contributed by atoms with Gasteiger partial charge in [-0.2, -0.15) is 0 Å². The Bertz CT molecular complexity index is 740. The summed E-state index contributed by atoms with van der Waals surface area (Å²) in [6, 6.07) is 6.62. The lowest BCUT2D eigenvalue weighted by Gasteiger charge is -2.17. The van der Waals surface area contributed by atoms with Crippen molar-refractivity contribution < 1.29 is 14.7 Å². The second kappa shape index (κ2) is 7.12. The number of carbonyl (C=O) groups is 2. The SMILES string of the molecule is O=C(O)C[C@H](NC(=O)Cn1cc(C2CC2)nn1)c1ccc(Br)cc1. The fraction of sp³-hybridized carbons (Fsp3) is 0.375. The van der Waals surface area contributed by atoms with Crippen LogP contribution in [0.25, 0.3) is 0 Å². The third-order valence-corrected chi connectivity index (χ3v) is 4.37. The van der Waals surface area contributed by atoms with Crippen LogP contribution >= 0.6 is 15.9 Å². The number of hydrogen-bond acceptors (Lipinski definition) is 4. The average Bonchev–Trinajstić information content (AvgIpc) is 3.27. The zero-order valence-electron chi connectivity index (χ0n) is 12.9. The molecule has 3 rings (SSSR count). The highest BCUT2D eigenvalue weighted by Crippen LogP contribution is 2.38. The molecule has 0 radical (unpaired) electrons. The first-order valence-electron chi connectivity index (χ1n) is 7.68. The third kappa shape index (κ3) is 4.41. The first-order valence-corrected chi connectivity index (χ1v) is 8.47. The molecule has 24 heavy (non-hydrogen) atoms. The van der Waals surface area contributed by atoms with E-state index in [1.54, 1.807) is 18.3 Å². The number of aliphatic carboxylic acids is 1. The van der Waals surface area contributed by atoms with Crippen LogP contribution in [0.4, 0.5) is 0 Å². The minimum absolute atomic E-state index is 0.0202. The summed E-state index contributed by atoms with van der Waals surface area (Å²) in [5, 5.41) is 19.9. The van der Waals surface area contributed by atoms with Gasteiger partial charge in [-0.25, -0.2) is 4.68 Å². The second-order valence-electron chi connectivity index (χ2n) is 5.88. The lowest BCUT2D eigenvalue weighted by molar-refractivity contribution is -0.137. The molecular formula is C16H17BrN4O3. The molecule has 1 heterocycles. The van der Waals surface area contributed by atoms with Gasteiger partial charge in [0, 0.05) is 16.6 Å². The van der Waals surface area contributed by atoms with Gasteiger partial charge in [0.15, 0.2) is 0 Å². The molecule has 0 bridgehead atoms. The molecule has 0 unspecified atom stereocenters. The Morgan fingerprint density at radius 1 is 1.33 bits per heavy atom. The van der Waals surface area contributed by atoms with Crippen LogP contribution in [0.15, 0.2) is 34.9 Å². The molecule has 2 aromatic rings. The van der Waals surface area contributed by atoms with Crippen LogP contribution in [0.1, 0.15) is 42.5 Å². The molecule has 1 amide bonds. The Kier molecular flexibility index (Phi) is 4.94. The number of carbonyl (C=O) groups excluding carboxylic acids is 1. The number of benzene rings is 1. The molecule has 1 atom stereocenters. The molecule has 1 aliphatic rings. The van der Waals surface area contributed by atoms with Gasteiger partial charge in [-0.15, -0.1) is 5.10 Å². The lowest BCUT2D eigenvalue weighted by atomic mass is 10.0. The summed E-state index contributed by atoms with van der Waals surface area (Å²) in [5.41, 5.74) is 1.66. The first kappa shape index (κ1) is 16.6. The van der Waals surface area contributed by atoms with E-state index in [4.69, 9.17) is 5.11 Å². The Morgan fingerprint density at radius 3 is 2.67 bits per heavy atom. The Labute approximate surface area is 147 Å². The van der Waals surface area contributed by atoms with Crippen molar-refractivity contribution in [3.8, 4) is 0 Å². The van der Waals surface area contributed by atoms with Crippen LogP contribution in [0.3, 0.4) is 0 Å². The minimum Gasteiger partial charge on any atom is -0.481 e. The number of halogens is 1. The van der Waals surface area contributed by atoms with Gasteiger partial charge >= 0.3 is 5.97 Å². The number of hydrogen-bond donors (Lipinski definition) is 2. The summed E-state index contributed by atoms with van der Waals surface area (Å²) in [5.74, 6) is -0.791. The van der Waals surface area contributed by atoms with Gasteiger partial charge in [0.05, 0.1) is 18.2 Å². The zero-order valence-corrected chi connectivity index (χ0v) is 14.4. The van der Waals surface area contributed by atoms with Crippen molar-refractivity contribution in [2.45, 2.75) is 37.8 Å². The van der Waals surface area contributed by atoms with E-state index < -0.39 is 12.0 Å². The highest BCUT2D eigenvalue weighted by molar-refractivity contribution is 9.10. The molecule has 1 aliphatic carbocycles. The van der Waals surface area contributed by atoms with Crippen LogP contribution in [-0.2, 0) is 16.1 Å². The monoisotopic (exact) mass is 392 g/mol. The Balaban J connectivity index is 1.65. The maximum atomic E-state index is 12.2. The van der Waals surface area contributed by atoms with Gasteiger partial charge in [-0.1, -0.05) is 33.3 Å². The maximum absolute atomic E-state index is 12.2. The predicted molar refractivity (Wildman–Crippen MR) is 89.3 cm³/mol. The number of amides is 1. The topological polar surface area (TPSA) is 97.1 Å². The van der Waals surface area contributed by atoms with Gasteiger partial charge in [0.1, 0.15) is 6.54 Å². The fourth-order valence-corrected chi connectivity index (χ4v) is 2.73. The molecule has 8 heteroatoms. The third-order valence-electron chi connectivity index (χ3n) is 3.84. The first-order chi connectivity index (χ1) is 11.5. The van der Waals surface area contributed by atoms with E-state index in [1.807, 2.05) is 12.1 Å². The molecule has 1 fully saturated rings. The van der Waals surface area contributed by atoms with E-state index in [0.717, 1.165) is 28.6 Å². The van der Waals surface area contributed by atoms with Crippen LogP contribution in [-0.4, -0.2) is 32.0 Å². The van der Waals surface area contributed by atoms with E-state index in [9.17, 15) is 9.59 Å². The lowest BCUT2D eigenvalue weighted by Crippen LogP contribution is -2.33. The Hall–Kier alpha value is -2.22. The largest absolute Gasteiger partial charge is 0.481 e. The normalized spacial score (nSPS) is 15.0. The number of aromatic nitrogens is 3. The van der Waals surface area contributed by atoms with Gasteiger partial charge in [-0.05, 0) is 30.5 Å². The number of nitrogens with zero attached hydrogens (tertiary/aromatic N) is 3. The molecule has 0 aliphatic heterocycles. The summed E-state index contributed by atoms with van der Waals surface area (Å²) < 4.78 is 2.38. The van der Waals surface area contributed by atoms with E-state index in [0.29, 0.717) is 5.92 Å². The van der Waals surface area contributed by atoms with Crippen molar-refractivity contribution in [1.29, 1.82) is 0 Å². The van der Waals surface area contributed by atoms with Crippen LogP contribution in [0.5, 0.6) is 0 Å². The van der Waals surface area contributed by atoms with Crippen molar-refractivity contribution >= 4 is 27.8 Å². The van der Waals surface area contributed by atoms with Gasteiger partial charge in [0.25, 0.3) is 0 Å². The standard InChI is InChI=1S/C16H17BrN4O3/c17-12-5-3-10(4-6-12)13(7-16(23)24)18-15(22)9-21-8-14(19-20-21)11-1-2-11/h3-6,8,11,13H,1-2,7,9H2,(H,18,22)(H,23,24)/t13-/m0/s1. The molecule has 1 aromatic carbocycles. The summed E-state index contributed by atoms with van der Waals surface area (Å²) in [7, 11) is 0. The van der Waals surface area contributed by atoms with Gasteiger partial charge in [0.2, 0.25) is 5.91 Å². The molecule has 1 aromatic heterocycles. The zero-order chi connectivity index (χ0) is 17.1. The smallest absolute Gasteiger partial charge is 0.305 e. The van der Waals surface area contributed by atoms with Crippen LogP contribution in [0, 0.1) is 0 Å². The van der Waals surface area contributed by atoms with E-state index in [-0.39, 0.29) is 18.9 Å². The summed E-state index contributed by atoms with van der Waals surface area (Å²) in [6.07, 6.45) is 3.84. The fourth-order valence-electron chi connectivity index (χ4n) is 2.47. The van der Waals surface area contributed by atoms with Crippen molar-refractivity contribution in [1.82, 2.24) is 20.3 Å². The number of rotatable bonds is 7. The van der Waals surface area contributed by atoms with Crippen molar-refractivity contribution in [2.75, 3.05) is 0 Å². The van der Waals surface area contributed by atoms with E-state index in [1.165, 1.54) is 4.68 Å². The molecule has 0 spiro atoms. The molecule has 126 valence electrons. The molecule has 1 saturated carbocycles. The Morgan fingerprint density at radius 2 is 2.04 bits per heavy atom. The minimum atomic E-state index is -0.972. The number of carboxylic acids is 1. The van der Waals surface area contributed by atoms with Gasteiger partial charge in [-0.3, -0.25) is 9.59 Å². The molecule has 0 saturated heterocycles. The van der Waals surface area contributed by atoms with E-state index in [2.05, 4.69) is 31.6 Å². The highest BCUT2D eigenvalue weighted by Gasteiger charge is 2.27. The van der Waals surface area contributed by atoms with Gasteiger partial charge < -0.3 is 10.4 Å². The second-order valence-corrected chi connectivity index (χ2v) is 6.80. The van der Waals surface area contributed by atoms with E-state index >= 15 is 0 Å². The predicted octanol–water partition coefficient (Wildman–Crippen LogP) is 2.25. The highest BCUT2D eigenvalue weighted by atomic mass is 79.9.